The first-order chi connectivity index (χ1) is 20.9. The maximum absolute atomic E-state index is 13.9. The molecule has 4 aromatic rings. The molecule has 2 bridgehead atoms. The summed E-state index contributed by atoms with van der Waals surface area (Å²) in [6.07, 6.45) is 0. The average Bonchev–Trinajstić information content (AvgIpc) is 3.00. The van der Waals surface area contributed by atoms with Gasteiger partial charge in [0.25, 0.3) is 0 Å². The van der Waals surface area contributed by atoms with Gasteiger partial charge >= 0.3 is 0 Å². The van der Waals surface area contributed by atoms with Gasteiger partial charge in [-0.1, -0.05) is 59.7 Å². The third-order valence-corrected chi connectivity index (χ3v) is 13.1. The Labute approximate surface area is 259 Å². The summed E-state index contributed by atoms with van der Waals surface area (Å²) in [5.41, 5.74) is 2.59. The summed E-state index contributed by atoms with van der Waals surface area (Å²) in [4.78, 5) is 4.81. The minimum Gasteiger partial charge on any atom is -0.255 e. The van der Waals surface area contributed by atoms with Crippen LogP contribution in [0.4, 0.5) is 0 Å². The average molecular weight is 655 g/mol. The SMILES string of the molecule is Cc1ccc(S(=O)(=O)N2CCN(S(=O)(=O)c3ccccc3)Cc3cccc(n3)CN(S(=O)(=O)c3ccc(C)cc3)CC2)cc1. The van der Waals surface area contributed by atoms with Gasteiger partial charge in [-0.15, -0.1) is 0 Å². The number of pyridine rings is 1. The van der Waals surface area contributed by atoms with E-state index in [9.17, 15) is 25.3 Å². The first-order valence-electron chi connectivity index (χ1n) is 14.0. The van der Waals surface area contributed by atoms with Crippen LogP contribution >= 0.6 is 0 Å². The van der Waals surface area contributed by atoms with Crippen LogP contribution in [0.2, 0.25) is 0 Å². The van der Waals surface area contributed by atoms with Gasteiger partial charge in [-0.25, -0.2) is 25.3 Å². The van der Waals surface area contributed by atoms with Gasteiger partial charge in [0.05, 0.1) is 39.2 Å². The summed E-state index contributed by atoms with van der Waals surface area (Å²) in [7, 11) is -12.2. The largest absolute Gasteiger partial charge is 0.255 e. The molecule has 3 aromatic carbocycles. The van der Waals surface area contributed by atoms with Crippen molar-refractivity contribution >= 4 is 30.1 Å². The van der Waals surface area contributed by atoms with Crippen LogP contribution < -0.4 is 0 Å². The molecule has 0 atom stereocenters. The summed E-state index contributed by atoms with van der Waals surface area (Å²) in [5.74, 6) is 0. The van der Waals surface area contributed by atoms with Gasteiger partial charge in [-0.2, -0.15) is 12.9 Å². The molecule has 44 heavy (non-hydrogen) atoms. The van der Waals surface area contributed by atoms with Gasteiger partial charge in [0.2, 0.25) is 30.1 Å². The Balaban J connectivity index is 1.59. The van der Waals surface area contributed by atoms with E-state index in [-0.39, 0.29) is 54.0 Å². The first-order valence-corrected chi connectivity index (χ1v) is 18.3. The normalized spacial score (nSPS) is 16.6. The monoisotopic (exact) mass is 654 g/mol. The highest BCUT2D eigenvalue weighted by molar-refractivity contribution is 7.89. The second kappa shape index (κ2) is 12.9. The lowest BCUT2D eigenvalue weighted by Crippen LogP contribution is -2.45. The predicted octanol–water partition coefficient (Wildman–Crippen LogP) is 3.78. The lowest BCUT2D eigenvalue weighted by atomic mass is 10.2. The fourth-order valence-corrected chi connectivity index (χ4v) is 9.14. The Morgan fingerprint density at radius 3 is 1.25 bits per heavy atom. The van der Waals surface area contributed by atoms with Gasteiger partial charge in [-0.3, -0.25) is 4.98 Å². The van der Waals surface area contributed by atoms with E-state index in [4.69, 9.17) is 0 Å². The number of sulfonamides is 3. The molecule has 0 saturated carbocycles. The van der Waals surface area contributed by atoms with Crippen LogP contribution in [-0.4, -0.2) is 69.3 Å². The number of hydrogen-bond donors (Lipinski definition) is 0. The van der Waals surface area contributed by atoms with E-state index >= 15 is 0 Å². The van der Waals surface area contributed by atoms with Crippen molar-refractivity contribution in [1.82, 2.24) is 17.9 Å². The molecule has 0 radical (unpaired) electrons. The van der Waals surface area contributed by atoms with E-state index < -0.39 is 30.1 Å². The Bertz CT molecular complexity index is 1930. The van der Waals surface area contributed by atoms with Crippen LogP contribution in [0.3, 0.4) is 0 Å². The highest BCUT2D eigenvalue weighted by Crippen LogP contribution is 2.24. The zero-order chi connectivity index (χ0) is 31.5. The van der Waals surface area contributed by atoms with Crippen molar-refractivity contribution in [2.45, 2.75) is 41.6 Å². The molecule has 10 nitrogen and oxygen atoms in total. The number of hydrogen-bond acceptors (Lipinski definition) is 7. The molecule has 1 aromatic heterocycles. The topological polar surface area (TPSA) is 125 Å². The zero-order valence-corrected chi connectivity index (χ0v) is 26.9. The Morgan fingerprint density at radius 2 is 0.818 bits per heavy atom. The second-order valence-electron chi connectivity index (χ2n) is 10.6. The van der Waals surface area contributed by atoms with E-state index in [0.717, 1.165) is 15.4 Å². The predicted molar refractivity (Wildman–Crippen MR) is 167 cm³/mol. The quantitative estimate of drug-likeness (QED) is 0.310. The summed E-state index contributed by atoms with van der Waals surface area (Å²) < 4.78 is 86.7. The maximum atomic E-state index is 13.9. The van der Waals surface area contributed by atoms with Gasteiger partial charge in [-0.05, 0) is 62.4 Å². The number of rotatable bonds is 6. The van der Waals surface area contributed by atoms with Crippen LogP contribution in [0.15, 0.2) is 112 Å². The van der Waals surface area contributed by atoms with Gasteiger partial charge in [0.15, 0.2) is 0 Å². The molecule has 0 amide bonds. The van der Waals surface area contributed by atoms with Crippen molar-refractivity contribution in [3.05, 3.63) is 120 Å². The molecule has 13 heteroatoms. The van der Waals surface area contributed by atoms with E-state index in [1.54, 1.807) is 60.7 Å². The minimum absolute atomic E-state index is 0.0347. The van der Waals surface area contributed by atoms with Crippen molar-refractivity contribution in [2.75, 3.05) is 26.2 Å². The molecule has 0 fully saturated rings. The number of nitrogens with zero attached hydrogens (tertiary/aromatic N) is 4. The van der Waals surface area contributed by atoms with E-state index in [2.05, 4.69) is 4.98 Å². The molecule has 5 rings (SSSR count). The molecular formula is C31H34N4O6S3. The van der Waals surface area contributed by atoms with Crippen LogP contribution in [0.5, 0.6) is 0 Å². The molecule has 1 aliphatic rings. The Morgan fingerprint density at radius 1 is 0.455 bits per heavy atom. The molecule has 0 unspecified atom stereocenters. The molecule has 0 spiro atoms. The molecule has 232 valence electrons. The van der Waals surface area contributed by atoms with Crippen LogP contribution in [-0.2, 0) is 43.2 Å². The molecule has 0 saturated heterocycles. The minimum atomic E-state index is -4.13. The molecular weight excluding hydrogens is 621 g/mol. The Hall–Kier alpha value is -3.46. The maximum Gasteiger partial charge on any atom is 0.243 e. The van der Waals surface area contributed by atoms with Gasteiger partial charge in [0, 0.05) is 26.2 Å². The smallest absolute Gasteiger partial charge is 0.243 e. The molecule has 0 aliphatic carbocycles. The summed E-state index contributed by atoms with van der Waals surface area (Å²) >= 11 is 0. The van der Waals surface area contributed by atoms with Crippen LogP contribution in [0, 0.1) is 13.8 Å². The number of aromatic nitrogens is 1. The summed E-state index contributed by atoms with van der Waals surface area (Å²) in [6, 6.07) is 25.8. The van der Waals surface area contributed by atoms with Crippen molar-refractivity contribution in [3.63, 3.8) is 0 Å². The second-order valence-corrected chi connectivity index (χ2v) is 16.5. The van der Waals surface area contributed by atoms with E-state index in [0.29, 0.717) is 11.4 Å². The summed E-state index contributed by atoms with van der Waals surface area (Å²) in [6.45, 7) is 2.66. The number of fused-ring (bicyclic) bond motifs is 2. The van der Waals surface area contributed by atoms with Crippen molar-refractivity contribution in [3.8, 4) is 0 Å². The highest BCUT2D eigenvalue weighted by atomic mass is 32.2. The molecule has 1 aliphatic heterocycles. The van der Waals surface area contributed by atoms with Crippen LogP contribution in [0.1, 0.15) is 22.5 Å². The fraction of sp³-hybridized carbons (Fsp3) is 0.258. The van der Waals surface area contributed by atoms with E-state index in [1.807, 2.05) is 13.8 Å². The number of aryl methyl sites for hydroxylation is 2. The summed E-state index contributed by atoms with van der Waals surface area (Å²) in [5, 5.41) is 0. The van der Waals surface area contributed by atoms with Crippen molar-refractivity contribution in [1.29, 1.82) is 0 Å². The third-order valence-electron chi connectivity index (χ3n) is 7.44. The lowest BCUT2D eigenvalue weighted by molar-refractivity contribution is 0.305. The molecule has 2 heterocycles. The van der Waals surface area contributed by atoms with Crippen molar-refractivity contribution in [2.24, 2.45) is 0 Å². The fourth-order valence-electron chi connectivity index (χ4n) is 4.89. The number of benzene rings is 3. The van der Waals surface area contributed by atoms with Gasteiger partial charge in [0.1, 0.15) is 0 Å². The van der Waals surface area contributed by atoms with Gasteiger partial charge < -0.3 is 0 Å². The molecule has 0 N–H and O–H groups in total. The third kappa shape index (κ3) is 6.93. The lowest BCUT2D eigenvalue weighted by Gasteiger charge is -2.30. The standard InChI is InChI=1S/C31H34N4O6S3/c1-25-11-15-30(16-12-25)42(36,37)33-19-21-34(43(38,39)29-9-4-3-5-10-29)23-27-7-6-8-28(32-27)24-35(22-20-33)44(40,41)31-17-13-26(2)14-18-31/h3-18H,19-24H2,1-2H3. The Kier molecular flexibility index (Phi) is 9.35. The highest BCUT2D eigenvalue weighted by Gasteiger charge is 2.33. The van der Waals surface area contributed by atoms with E-state index in [1.165, 1.54) is 45.0 Å². The zero-order valence-electron chi connectivity index (χ0n) is 24.4. The van der Waals surface area contributed by atoms with Crippen molar-refractivity contribution < 1.29 is 25.3 Å². The first kappa shape index (κ1) is 31.9. The van der Waals surface area contributed by atoms with Crippen LogP contribution in [0.25, 0.3) is 0 Å².